The molecule has 0 unspecified atom stereocenters. The lowest BCUT2D eigenvalue weighted by Crippen LogP contribution is -2.25. The van der Waals surface area contributed by atoms with Gasteiger partial charge in [-0.25, -0.2) is 19.8 Å². The number of nitrogens with zero attached hydrogens (tertiary/aromatic N) is 5. The van der Waals surface area contributed by atoms with Crippen molar-refractivity contribution in [3.05, 3.63) is 84.1 Å². The number of fused-ring (bicyclic) bond motifs is 2. The van der Waals surface area contributed by atoms with Gasteiger partial charge in [-0.1, -0.05) is 24.3 Å². The Balaban J connectivity index is 1.90. The molecule has 2 heterocycles. The number of benzene rings is 2. The van der Waals surface area contributed by atoms with Crippen LogP contribution in [-0.4, -0.2) is 38.8 Å². The van der Waals surface area contributed by atoms with E-state index in [-0.39, 0.29) is 6.54 Å². The van der Waals surface area contributed by atoms with Gasteiger partial charge < -0.3 is 9.84 Å². The normalized spacial score (nSPS) is 17.1. The van der Waals surface area contributed by atoms with E-state index in [1.165, 1.54) is 25.0 Å². The molecule has 1 aliphatic rings. The lowest BCUT2D eigenvalue weighted by molar-refractivity contribution is 0.167. The van der Waals surface area contributed by atoms with Crippen LogP contribution in [0.3, 0.4) is 0 Å². The second-order valence-corrected chi connectivity index (χ2v) is 6.22. The Morgan fingerprint density at radius 2 is 2.03 bits per heavy atom. The molecular weight excluding hydrogens is 382 g/mol. The summed E-state index contributed by atoms with van der Waals surface area (Å²) in [5.74, 6) is 1.02. The quantitative estimate of drug-likeness (QED) is 0.627. The minimum Gasteiger partial charge on any atom is -0.465 e. The van der Waals surface area contributed by atoms with Gasteiger partial charge in [-0.2, -0.15) is 0 Å². The van der Waals surface area contributed by atoms with Crippen LogP contribution in [0.2, 0.25) is 0 Å². The first kappa shape index (κ1) is 19.0. The number of allylic oxidation sites excluding steroid dienone is 1. The summed E-state index contributed by atoms with van der Waals surface area (Å²) < 4.78 is 5.59. The van der Waals surface area contributed by atoms with Crippen molar-refractivity contribution in [1.82, 2.24) is 14.9 Å². The number of amides is 1. The van der Waals surface area contributed by atoms with Gasteiger partial charge in [0.05, 0.1) is 17.4 Å². The molecule has 0 atom stereocenters. The number of ether oxygens (including phenoxy) is 1. The molecule has 0 saturated heterocycles. The molecule has 0 spiro atoms. The first-order chi connectivity index (χ1) is 14.7. The first-order valence-electron chi connectivity index (χ1n) is 9.11. The number of hydrogen-bond donors (Lipinski definition) is 1. The number of carbonyl (C=O) groups is 1. The van der Waals surface area contributed by atoms with Gasteiger partial charge in [0.2, 0.25) is 0 Å². The smallest absolute Gasteiger partial charge is 0.411 e. The van der Waals surface area contributed by atoms with Crippen LogP contribution in [-0.2, 0) is 0 Å². The van der Waals surface area contributed by atoms with Crippen molar-refractivity contribution < 1.29 is 14.6 Å². The van der Waals surface area contributed by atoms with Crippen molar-refractivity contribution in [3.8, 4) is 5.75 Å². The van der Waals surface area contributed by atoms with Crippen LogP contribution in [0.5, 0.6) is 5.75 Å². The number of para-hydroxylation sites is 1. The van der Waals surface area contributed by atoms with Crippen LogP contribution in [0.4, 0.5) is 10.6 Å². The SMILES string of the molecule is O=C(O)N1/C=C/Oc2ccc3ncnc(c3c2)N=c2cccc/c2=C\C=C\N=CC1. The second-order valence-electron chi connectivity index (χ2n) is 6.22. The molecule has 8 heteroatoms. The zero-order chi connectivity index (χ0) is 20.8. The highest BCUT2D eigenvalue weighted by Crippen LogP contribution is 2.26. The molecule has 8 nitrogen and oxygen atoms in total. The Labute approximate surface area is 171 Å². The Hall–Kier alpha value is -4.33. The topological polar surface area (TPSA) is 100 Å². The van der Waals surface area contributed by atoms with Crippen molar-refractivity contribution >= 4 is 35.1 Å². The summed E-state index contributed by atoms with van der Waals surface area (Å²) in [6, 6.07) is 13.0. The van der Waals surface area contributed by atoms with Crippen LogP contribution < -0.4 is 15.3 Å². The molecular formula is C22H17N5O3. The highest BCUT2D eigenvalue weighted by Gasteiger charge is 2.07. The van der Waals surface area contributed by atoms with Crippen molar-refractivity contribution in [2.45, 2.75) is 0 Å². The van der Waals surface area contributed by atoms with E-state index in [0.717, 1.165) is 26.4 Å². The second kappa shape index (κ2) is 8.78. The molecule has 1 N–H and O–H groups in total. The summed E-state index contributed by atoms with van der Waals surface area (Å²) in [6.07, 6.45) is 9.71. The number of aliphatic imine (C=N–C) groups is 1. The third-order valence-electron chi connectivity index (χ3n) is 4.27. The average molecular weight is 399 g/mol. The third kappa shape index (κ3) is 4.39. The third-order valence-corrected chi connectivity index (χ3v) is 4.27. The minimum atomic E-state index is -1.11. The molecule has 2 aromatic carbocycles. The fraction of sp³-hybridized carbons (Fsp3) is 0.0455. The molecule has 1 aliphatic heterocycles. The Bertz CT molecular complexity index is 1300. The van der Waals surface area contributed by atoms with Crippen LogP contribution >= 0.6 is 0 Å². The van der Waals surface area contributed by atoms with E-state index in [1.807, 2.05) is 30.3 Å². The molecule has 0 fully saturated rings. The molecule has 3 aromatic rings. The maximum absolute atomic E-state index is 11.4. The molecule has 0 radical (unpaired) electrons. The minimum absolute atomic E-state index is 0.0845. The van der Waals surface area contributed by atoms with Gasteiger partial charge in [-0.05, 0) is 30.3 Å². The summed E-state index contributed by atoms with van der Waals surface area (Å²) in [4.78, 5) is 29.9. The lowest BCUT2D eigenvalue weighted by Gasteiger charge is -2.11. The van der Waals surface area contributed by atoms with E-state index in [0.29, 0.717) is 11.6 Å². The molecule has 148 valence electrons. The molecule has 4 rings (SSSR count). The monoisotopic (exact) mass is 399 g/mol. The highest BCUT2D eigenvalue weighted by atomic mass is 16.5. The molecule has 2 bridgehead atoms. The van der Waals surface area contributed by atoms with Crippen LogP contribution in [0.15, 0.2) is 83.5 Å². The van der Waals surface area contributed by atoms with Gasteiger partial charge in [0.15, 0.2) is 5.82 Å². The fourth-order valence-electron chi connectivity index (χ4n) is 2.81. The largest absolute Gasteiger partial charge is 0.465 e. The number of aromatic nitrogens is 2. The van der Waals surface area contributed by atoms with Crippen molar-refractivity contribution in [2.24, 2.45) is 9.98 Å². The Morgan fingerprint density at radius 1 is 1.13 bits per heavy atom. The van der Waals surface area contributed by atoms with E-state index in [4.69, 9.17) is 9.73 Å². The van der Waals surface area contributed by atoms with Crippen LogP contribution in [0, 0.1) is 0 Å². The molecule has 30 heavy (non-hydrogen) atoms. The van der Waals surface area contributed by atoms with Gasteiger partial charge in [0, 0.05) is 29.2 Å². The maximum atomic E-state index is 11.4. The zero-order valence-electron chi connectivity index (χ0n) is 15.8. The maximum Gasteiger partial charge on any atom is 0.411 e. The van der Waals surface area contributed by atoms with Crippen molar-refractivity contribution in [1.29, 1.82) is 0 Å². The number of rotatable bonds is 0. The Kier molecular flexibility index (Phi) is 5.56. The molecule has 0 aliphatic carbocycles. The van der Waals surface area contributed by atoms with Crippen LogP contribution in [0.25, 0.3) is 17.0 Å². The Morgan fingerprint density at radius 3 is 2.93 bits per heavy atom. The average Bonchev–Trinajstić information content (AvgIpc) is 2.75. The van der Waals surface area contributed by atoms with E-state index in [1.54, 1.807) is 30.5 Å². The lowest BCUT2D eigenvalue weighted by atomic mass is 10.2. The summed E-state index contributed by atoms with van der Waals surface area (Å²) in [7, 11) is 0. The van der Waals surface area contributed by atoms with Gasteiger partial charge in [0.25, 0.3) is 0 Å². The summed E-state index contributed by atoms with van der Waals surface area (Å²) in [6.45, 7) is 0.0845. The molecule has 1 amide bonds. The van der Waals surface area contributed by atoms with Gasteiger partial charge in [-0.3, -0.25) is 9.89 Å². The highest BCUT2D eigenvalue weighted by molar-refractivity contribution is 5.88. The number of carboxylic acid groups (broad SMARTS) is 1. The van der Waals surface area contributed by atoms with Crippen LogP contribution in [0.1, 0.15) is 0 Å². The van der Waals surface area contributed by atoms with E-state index < -0.39 is 6.09 Å². The standard InChI is InChI=1S/C22H17N5O3/c28-22(29)27-11-10-23-9-3-5-16-4-1-2-6-19(16)26-21-18-14-17(30-13-12-27)7-8-20(18)24-15-25-21/h1-10,12-15H,11H2,(H,28,29)/b9-3+,13-12+,16-5+,23-10?,26-19?. The van der Waals surface area contributed by atoms with Gasteiger partial charge in [0.1, 0.15) is 18.3 Å². The van der Waals surface area contributed by atoms with E-state index in [2.05, 4.69) is 15.0 Å². The van der Waals surface area contributed by atoms with E-state index >= 15 is 0 Å². The van der Waals surface area contributed by atoms with Gasteiger partial charge in [-0.15, -0.1) is 0 Å². The summed E-state index contributed by atoms with van der Waals surface area (Å²) >= 11 is 0. The molecule has 0 saturated carbocycles. The summed E-state index contributed by atoms with van der Waals surface area (Å²) in [5.41, 5.74) is 0.722. The predicted molar refractivity (Wildman–Crippen MR) is 113 cm³/mol. The zero-order valence-corrected chi connectivity index (χ0v) is 15.8. The van der Waals surface area contributed by atoms with Crippen molar-refractivity contribution in [2.75, 3.05) is 6.54 Å². The summed E-state index contributed by atoms with van der Waals surface area (Å²) in [5, 5.41) is 11.7. The molecule has 1 aromatic heterocycles. The predicted octanol–water partition coefficient (Wildman–Crippen LogP) is 2.79. The van der Waals surface area contributed by atoms with E-state index in [9.17, 15) is 9.90 Å². The van der Waals surface area contributed by atoms with Gasteiger partial charge >= 0.3 is 6.09 Å². The van der Waals surface area contributed by atoms with Crippen molar-refractivity contribution in [3.63, 3.8) is 0 Å². The number of hydrogen-bond acceptors (Lipinski definition) is 6. The first-order valence-corrected chi connectivity index (χ1v) is 9.11. The fourth-order valence-corrected chi connectivity index (χ4v) is 2.81.